The summed E-state index contributed by atoms with van der Waals surface area (Å²) in [4.78, 5) is 8.64. The van der Waals surface area contributed by atoms with Gasteiger partial charge in [0.1, 0.15) is 0 Å². The number of aliphatic hydroxyl groups excluding tert-OH is 1. The van der Waals surface area contributed by atoms with E-state index in [4.69, 9.17) is 15.2 Å². The number of hydrogen-bond donors (Lipinski definition) is 2. The zero-order valence-corrected chi connectivity index (χ0v) is 20.7. The Morgan fingerprint density at radius 3 is 2.31 bits per heavy atom. The van der Waals surface area contributed by atoms with Gasteiger partial charge in [-0.15, -0.1) is 0 Å². The standard InChI is InChI=1S/C29H29N3O3S/c30-17-21-3-1-4-25(15-21)22-9-11-24(12-10-22)28-34-26(19-36-29-31-13-2-14-32-29)16-27(35-28)23-7-5-20(18-33)6-8-23/h1-15,26-28,33H,16-19,30H2/t26-,27+,28+/m0/s1. The molecule has 184 valence electrons. The van der Waals surface area contributed by atoms with E-state index in [9.17, 15) is 5.11 Å². The summed E-state index contributed by atoms with van der Waals surface area (Å²) in [5.41, 5.74) is 12.1. The fourth-order valence-electron chi connectivity index (χ4n) is 4.26. The first kappa shape index (κ1) is 24.6. The quantitative estimate of drug-likeness (QED) is 0.247. The molecule has 0 unspecified atom stereocenters. The lowest BCUT2D eigenvalue weighted by molar-refractivity contribution is -0.245. The number of aromatic nitrogens is 2. The Labute approximate surface area is 215 Å². The SMILES string of the molecule is NCc1cccc(-c2ccc([C@@H]3O[C@H](CSc4ncccn4)C[C@H](c4ccc(CO)cc4)O3)cc2)c1. The number of nitrogens with two attached hydrogens (primary N) is 1. The predicted octanol–water partition coefficient (Wildman–Crippen LogP) is 5.43. The Kier molecular flexibility index (Phi) is 8.05. The maximum absolute atomic E-state index is 9.41. The second-order valence-electron chi connectivity index (χ2n) is 8.72. The molecule has 2 heterocycles. The van der Waals surface area contributed by atoms with Crippen molar-refractivity contribution in [2.75, 3.05) is 5.75 Å². The molecule has 1 saturated heterocycles. The lowest BCUT2D eigenvalue weighted by Gasteiger charge is -2.36. The third-order valence-corrected chi connectivity index (χ3v) is 7.24. The van der Waals surface area contributed by atoms with Gasteiger partial charge in [0.15, 0.2) is 11.4 Å². The van der Waals surface area contributed by atoms with E-state index in [1.54, 1.807) is 24.2 Å². The van der Waals surface area contributed by atoms with E-state index in [1.807, 2.05) is 42.5 Å². The molecular formula is C29H29N3O3S. The molecule has 6 nitrogen and oxygen atoms in total. The Morgan fingerprint density at radius 1 is 0.833 bits per heavy atom. The highest BCUT2D eigenvalue weighted by atomic mass is 32.2. The zero-order chi connectivity index (χ0) is 24.7. The Morgan fingerprint density at radius 2 is 1.58 bits per heavy atom. The summed E-state index contributed by atoms with van der Waals surface area (Å²) in [5.74, 6) is 0.721. The van der Waals surface area contributed by atoms with E-state index in [0.717, 1.165) is 50.7 Å². The van der Waals surface area contributed by atoms with Crippen LogP contribution in [0, 0.1) is 0 Å². The van der Waals surface area contributed by atoms with E-state index >= 15 is 0 Å². The number of nitrogens with zero attached hydrogens (tertiary/aromatic N) is 2. The van der Waals surface area contributed by atoms with Crippen molar-refractivity contribution in [3.05, 3.63) is 114 Å². The van der Waals surface area contributed by atoms with Crippen LogP contribution >= 0.6 is 11.8 Å². The smallest absolute Gasteiger partial charge is 0.187 e. The average molecular weight is 500 g/mol. The van der Waals surface area contributed by atoms with E-state index < -0.39 is 6.29 Å². The first-order valence-electron chi connectivity index (χ1n) is 12.0. The number of ether oxygens (including phenoxy) is 2. The van der Waals surface area contributed by atoms with Crippen molar-refractivity contribution in [1.29, 1.82) is 0 Å². The van der Waals surface area contributed by atoms with Gasteiger partial charge in [-0.1, -0.05) is 78.5 Å². The molecule has 7 heteroatoms. The fourth-order valence-corrected chi connectivity index (χ4v) is 5.08. The normalized spacial score (nSPS) is 19.8. The molecule has 0 radical (unpaired) electrons. The number of aliphatic hydroxyl groups is 1. The first-order valence-corrected chi connectivity index (χ1v) is 13.0. The van der Waals surface area contributed by atoms with Gasteiger partial charge in [0.25, 0.3) is 0 Å². The van der Waals surface area contributed by atoms with Crippen LogP contribution in [-0.2, 0) is 22.6 Å². The highest BCUT2D eigenvalue weighted by Gasteiger charge is 2.32. The number of thioether (sulfide) groups is 1. The van der Waals surface area contributed by atoms with E-state index in [-0.39, 0.29) is 18.8 Å². The van der Waals surface area contributed by atoms with Crippen LogP contribution in [0.4, 0.5) is 0 Å². The molecule has 1 aliphatic rings. The van der Waals surface area contributed by atoms with Crippen LogP contribution in [0.3, 0.4) is 0 Å². The van der Waals surface area contributed by atoms with Crippen LogP contribution < -0.4 is 5.73 Å². The minimum Gasteiger partial charge on any atom is -0.392 e. The molecule has 0 spiro atoms. The molecule has 1 aliphatic heterocycles. The molecule has 0 amide bonds. The molecule has 5 rings (SSSR count). The van der Waals surface area contributed by atoms with E-state index in [1.165, 1.54) is 0 Å². The van der Waals surface area contributed by atoms with Crippen LogP contribution in [0.1, 0.15) is 41.1 Å². The summed E-state index contributed by atoms with van der Waals surface area (Å²) in [6, 6.07) is 26.3. The van der Waals surface area contributed by atoms with Gasteiger partial charge in [0, 0.05) is 36.7 Å². The fraction of sp³-hybridized carbons (Fsp3) is 0.241. The predicted molar refractivity (Wildman–Crippen MR) is 141 cm³/mol. The number of rotatable bonds is 8. The topological polar surface area (TPSA) is 90.5 Å². The average Bonchev–Trinajstić information content (AvgIpc) is 2.96. The van der Waals surface area contributed by atoms with Gasteiger partial charge in [0.2, 0.25) is 0 Å². The number of hydrogen-bond acceptors (Lipinski definition) is 7. The molecule has 0 bridgehead atoms. The minimum atomic E-state index is -0.493. The van der Waals surface area contributed by atoms with Gasteiger partial charge >= 0.3 is 0 Å². The first-order chi connectivity index (χ1) is 17.7. The van der Waals surface area contributed by atoms with E-state index in [0.29, 0.717) is 6.54 Å². The summed E-state index contributed by atoms with van der Waals surface area (Å²) in [6.07, 6.45) is 3.56. The number of benzene rings is 3. The van der Waals surface area contributed by atoms with Gasteiger partial charge < -0.3 is 20.3 Å². The van der Waals surface area contributed by atoms with Gasteiger partial charge in [-0.25, -0.2) is 9.97 Å². The minimum absolute atomic E-state index is 0.0222. The Hall–Kier alpha value is -3.07. The van der Waals surface area contributed by atoms with Crippen LogP contribution in [0.5, 0.6) is 0 Å². The van der Waals surface area contributed by atoms with Crippen molar-refractivity contribution in [2.45, 2.75) is 43.2 Å². The molecule has 3 N–H and O–H groups in total. The van der Waals surface area contributed by atoms with Crippen LogP contribution in [0.2, 0.25) is 0 Å². The lowest BCUT2D eigenvalue weighted by atomic mass is 9.99. The van der Waals surface area contributed by atoms with Crippen LogP contribution in [0.15, 0.2) is 96.4 Å². The van der Waals surface area contributed by atoms with Crippen molar-refractivity contribution < 1.29 is 14.6 Å². The molecular weight excluding hydrogens is 470 g/mol. The Balaban J connectivity index is 1.36. The molecule has 3 aromatic carbocycles. The van der Waals surface area contributed by atoms with Crippen molar-refractivity contribution in [3.8, 4) is 11.1 Å². The molecule has 36 heavy (non-hydrogen) atoms. The summed E-state index contributed by atoms with van der Waals surface area (Å²) in [7, 11) is 0. The monoisotopic (exact) mass is 499 g/mol. The molecule has 1 fully saturated rings. The third kappa shape index (κ3) is 6.00. The summed E-state index contributed by atoms with van der Waals surface area (Å²) < 4.78 is 12.9. The van der Waals surface area contributed by atoms with Gasteiger partial charge in [-0.2, -0.15) is 0 Å². The van der Waals surface area contributed by atoms with Crippen molar-refractivity contribution in [2.24, 2.45) is 5.73 Å². The summed E-state index contributed by atoms with van der Waals surface area (Å²) in [6.45, 7) is 0.540. The van der Waals surface area contributed by atoms with E-state index in [2.05, 4.69) is 46.4 Å². The maximum Gasteiger partial charge on any atom is 0.187 e. The Bertz CT molecular complexity index is 1250. The summed E-state index contributed by atoms with van der Waals surface area (Å²) in [5, 5.41) is 10.1. The van der Waals surface area contributed by atoms with Gasteiger partial charge in [0.05, 0.1) is 18.8 Å². The van der Waals surface area contributed by atoms with Crippen molar-refractivity contribution >= 4 is 11.8 Å². The highest BCUT2D eigenvalue weighted by molar-refractivity contribution is 7.99. The largest absolute Gasteiger partial charge is 0.392 e. The lowest BCUT2D eigenvalue weighted by Crippen LogP contribution is -2.31. The molecule has 0 saturated carbocycles. The molecule has 0 aliphatic carbocycles. The molecule has 4 aromatic rings. The summed E-state index contributed by atoms with van der Waals surface area (Å²) >= 11 is 1.58. The molecule has 1 aromatic heterocycles. The van der Waals surface area contributed by atoms with Crippen LogP contribution in [-0.4, -0.2) is 26.9 Å². The van der Waals surface area contributed by atoms with Gasteiger partial charge in [-0.3, -0.25) is 0 Å². The zero-order valence-electron chi connectivity index (χ0n) is 19.9. The third-order valence-electron chi connectivity index (χ3n) is 6.23. The second kappa shape index (κ2) is 11.8. The highest BCUT2D eigenvalue weighted by Crippen LogP contribution is 2.39. The maximum atomic E-state index is 9.41. The van der Waals surface area contributed by atoms with Crippen LogP contribution in [0.25, 0.3) is 11.1 Å². The van der Waals surface area contributed by atoms with Gasteiger partial charge in [-0.05, 0) is 39.9 Å². The van der Waals surface area contributed by atoms with Crippen molar-refractivity contribution in [1.82, 2.24) is 9.97 Å². The van der Waals surface area contributed by atoms with Crippen molar-refractivity contribution in [3.63, 3.8) is 0 Å². The molecule has 3 atom stereocenters. The second-order valence-corrected chi connectivity index (χ2v) is 9.71.